The van der Waals surface area contributed by atoms with Gasteiger partial charge in [0, 0.05) is 9.30 Å². The zero-order valence-electron chi connectivity index (χ0n) is 10.5. The maximum Gasteiger partial charge on any atom is 0.120 e. The van der Waals surface area contributed by atoms with Gasteiger partial charge in [-0.05, 0) is 55.2 Å². The van der Waals surface area contributed by atoms with Crippen molar-refractivity contribution < 1.29 is 4.74 Å². The fraction of sp³-hybridized carbons (Fsp3) is 0.600. The Morgan fingerprint density at radius 3 is 2.67 bits per heavy atom. The molecule has 0 heterocycles. The van der Waals surface area contributed by atoms with Crippen LogP contribution in [-0.4, -0.2) is 6.61 Å². The summed E-state index contributed by atoms with van der Waals surface area (Å²) in [6.07, 6.45) is 4.31. The second kappa shape index (κ2) is 5.16. The number of benzene rings is 1. The van der Waals surface area contributed by atoms with Crippen LogP contribution in [0.5, 0.6) is 5.75 Å². The van der Waals surface area contributed by atoms with Gasteiger partial charge in [-0.25, -0.2) is 0 Å². The minimum atomic E-state index is 0.498. The molecule has 3 atom stereocenters. The van der Waals surface area contributed by atoms with Gasteiger partial charge < -0.3 is 4.74 Å². The van der Waals surface area contributed by atoms with Crippen LogP contribution in [-0.2, 0) is 0 Å². The van der Waals surface area contributed by atoms with Crippen molar-refractivity contribution in [3.8, 4) is 5.75 Å². The second-order valence-electron chi connectivity index (χ2n) is 5.35. The van der Waals surface area contributed by atoms with E-state index in [0.29, 0.717) is 4.83 Å². The highest BCUT2D eigenvalue weighted by molar-refractivity contribution is 9.11. The van der Waals surface area contributed by atoms with Crippen LogP contribution >= 0.6 is 31.9 Å². The lowest BCUT2D eigenvalue weighted by atomic mass is 10.0. The summed E-state index contributed by atoms with van der Waals surface area (Å²) in [7, 11) is 0. The topological polar surface area (TPSA) is 9.23 Å². The monoisotopic (exact) mass is 372 g/mol. The van der Waals surface area contributed by atoms with Gasteiger partial charge in [-0.3, -0.25) is 0 Å². The maximum atomic E-state index is 5.53. The van der Waals surface area contributed by atoms with Crippen LogP contribution in [0.4, 0.5) is 0 Å². The summed E-state index contributed by atoms with van der Waals surface area (Å²) in [4.78, 5) is 0.498. The van der Waals surface area contributed by atoms with Gasteiger partial charge in [-0.2, -0.15) is 0 Å². The van der Waals surface area contributed by atoms with Crippen LogP contribution in [0.2, 0.25) is 0 Å². The molecule has 1 nitrogen and oxygen atoms in total. The van der Waals surface area contributed by atoms with Gasteiger partial charge in [0.25, 0.3) is 0 Å². The van der Waals surface area contributed by atoms with E-state index < -0.39 is 0 Å². The van der Waals surface area contributed by atoms with Gasteiger partial charge in [0.05, 0.1) is 6.61 Å². The molecule has 1 aromatic rings. The fourth-order valence-corrected chi connectivity index (χ4v) is 5.60. The molecule has 3 unspecified atom stereocenters. The molecule has 0 spiro atoms. The van der Waals surface area contributed by atoms with Gasteiger partial charge >= 0.3 is 0 Å². The molecule has 2 aliphatic carbocycles. The number of fused-ring (bicyclic) bond motifs is 1. The quantitative estimate of drug-likeness (QED) is 0.648. The Bertz CT molecular complexity index is 436. The van der Waals surface area contributed by atoms with E-state index >= 15 is 0 Å². The van der Waals surface area contributed by atoms with Crippen LogP contribution < -0.4 is 4.74 Å². The summed E-state index contributed by atoms with van der Waals surface area (Å²) < 4.78 is 6.69. The van der Waals surface area contributed by atoms with Gasteiger partial charge in [-0.15, -0.1) is 0 Å². The van der Waals surface area contributed by atoms with Crippen LogP contribution in [0.25, 0.3) is 0 Å². The van der Waals surface area contributed by atoms with Crippen LogP contribution in [0.15, 0.2) is 22.7 Å². The van der Waals surface area contributed by atoms with E-state index in [2.05, 4.69) is 50.1 Å². The van der Waals surface area contributed by atoms with Crippen molar-refractivity contribution in [2.75, 3.05) is 6.61 Å². The van der Waals surface area contributed by atoms with Gasteiger partial charge in [0.2, 0.25) is 0 Å². The zero-order valence-corrected chi connectivity index (χ0v) is 13.7. The number of hydrogen-bond acceptors (Lipinski definition) is 1. The largest absolute Gasteiger partial charge is 0.494 e. The Hall–Kier alpha value is -0.0200. The van der Waals surface area contributed by atoms with Crippen molar-refractivity contribution in [1.29, 1.82) is 0 Å². The Labute approximate surface area is 126 Å². The smallest absolute Gasteiger partial charge is 0.120 e. The lowest BCUT2D eigenvalue weighted by Crippen LogP contribution is -2.00. The summed E-state index contributed by atoms with van der Waals surface area (Å²) in [6.45, 7) is 2.73. The Kier molecular flexibility index (Phi) is 3.72. The minimum absolute atomic E-state index is 0.498. The second-order valence-corrected chi connectivity index (χ2v) is 7.19. The highest BCUT2D eigenvalue weighted by Gasteiger charge is 2.55. The van der Waals surface area contributed by atoms with Crippen molar-refractivity contribution in [1.82, 2.24) is 0 Å². The van der Waals surface area contributed by atoms with E-state index in [1.165, 1.54) is 29.3 Å². The third-order valence-corrected chi connectivity index (χ3v) is 6.18. The molecule has 0 saturated heterocycles. The molecular formula is C15H18Br2O. The predicted octanol–water partition coefficient (Wildman–Crippen LogP) is 5.33. The molecule has 0 aliphatic heterocycles. The van der Waals surface area contributed by atoms with Crippen molar-refractivity contribution in [2.45, 2.75) is 31.0 Å². The minimum Gasteiger partial charge on any atom is -0.494 e. The zero-order chi connectivity index (χ0) is 12.7. The molecule has 3 rings (SSSR count). The first-order chi connectivity index (χ1) is 8.72. The van der Waals surface area contributed by atoms with Crippen LogP contribution in [0.3, 0.4) is 0 Å². The number of alkyl halides is 1. The van der Waals surface area contributed by atoms with E-state index in [0.717, 1.165) is 30.1 Å². The summed E-state index contributed by atoms with van der Waals surface area (Å²) in [5.74, 6) is 3.76. The first-order valence-corrected chi connectivity index (χ1v) is 8.49. The molecule has 2 aliphatic rings. The summed E-state index contributed by atoms with van der Waals surface area (Å²) in [6, 6.07) is 6.36. The molecule has 0 radical (unpaired) electrons. The standard InChI is InChI=1S/C15H18Br2O/c1-2-18-9-6-7-12(13(16)8-9)15(17)14-10-4-3-5-11(10)14/h6-8,10-11,14-15H,2-5H2,1H3. The Morgan fingerprint density at radius 2 is 2.06 bits per heavy atom. The van der Waals surface area contributed by atoms with Gasteiger partial charge in [0.1, 0.15) is 5.75 Å². The van der Waals surface area contributed by atoms with Gasteiger partial charge in [-0.1, -0.05) is 44.3 Å². The number of ether oxygens (including phenoxy) is 1. The molecule has 18 heavy (non-hydrogen) atoms. The van der Waals surface area contributed by atoms with Crippen molar-refractivity contribution in [2.24, 2.45) is 17.8 Å². The lowest BCUT2D eigenvalue weighted by Gasteiger charge is -2.15. The number of rotatable bonds is 4. The molecule has 98 valence electrons. The van der Waals surface area contributed by atoms with E-state index in [9.17, 15) is 0 Å². The SMILES string of the molecule is CCOc1ccc(C(Br)C2C3CCCC32)c(Br)c1. The lowest BCUT2D eigenvalue weighted by molar-refractivity contribution is 0.340. The van der Waals surface area contributed by atoms with Crippen molar-refractivity contribution >= 4 is 31.9 Å². The van der Waals surface area contributed by atoms with Crippen LogP contribution in [0, 0.1) is 17.8 Å². The van der Waals surface area contributed by atoms with Crippen LogP contribution in [0.1, 0.15) is 36.6 Å². The molecule has 2 saturated carbocycles. The predicted molar refractivity (Wildman–Crippen MR) is 81.3 cm³/mol. The van der Waals surface area contributed by atoms with Crippen molar-refractivity contribution in [3.05, 3.63) is 28.2 Å². The van der Waals surface area contributed by atoms with Crippen molar-refractivity contribution in [3.63, 3.8) is 0 Å². The van der Waals surface area contributed by atoms with Gasteiger partial charge in [0.15, 0.2) is 0 Å². The van der Waals surface area contributed by atoms with E-state index in [4.69, 9.17) is 4.74 Å². The first kappa shape index (κ1) is 13.0. The average molecular weight is 374 g/mol. The summed E-state index contributed by atoms with van der Waals surface area (Å²) >= 11 is 7.60. The third kappa shape index (κ3) is 2.24. The molecular weight excluding hydrogens is 356 g/mol. The molecule has 0 N–H and O–H groups in total. The number of halogens is 2. The molecule has 2 fully saturated rings. The molecule has 1 aromatic carbocycles. The normalized spacial score (nSPS) is 30.9. The van der Waals surface area contributed by atoms with E-state index in [1.807, 2.05) is 6.92 Å². The summed E-state index contributed by atoms with van der Waals surface area (Å²) in [5.41, 5.74) is 1.37. The molecule has 0 bridgehead atoms. The Balaban J connectivity index is 1.76. The Morgan fingerprint density at radius 1 is 1.33 bits per heavy atom. The molecule has 0 aromatic heterocycles. The maximum absolute atomic E-state index is 5.53. The fourth-order valence-electron chi connectivity index (χ4n) is 3.51. The third-order valence-electron chi connectivity index (χ3n) is 4.39. The molecule has 3 heteroatoms. The summed E-state index contributed by atoms with van der Waals surface area (Å²) in [5, 5.41) is 0. The molecule has 0 amide bonds. The number of hydrogen-bond donors (Lipinski definition) is 0. The van der Waals surface area contributed by atoms with E-state index in [-0.39, 0.29) is 0 Å². The van der Waals surface area contributed by atoms with E-state index in [1.54, 1.807) is 0 Å². The average Bonchev–Trinajstić information content (AvgIpc) is 2.82. The highest BCUT2D eigenvalue weighted by atomic mass is 79.9. The first-order valence-electron chi connectivity index (χ1n) is 6.78. The highest BCUT2D eigenvalue weighted by Crippen LogP contribution is 2.64.